The van der Waals surface area contributed by atoms with Gasteiger partial charge in [-0.05, 0) is 55.8 Å². The van der Waals surface area contributed by atoms with Crippen molar-refractivity contribution in [2.24, 2.45) is 0 Å². The van der Waals surface area contributed by atoms with E-state index in [1.165, 1.54) is 22.5 Å². The second-order valence-electron chi connectivity index (χ2n) is 7.17. The fourth-order valence-electron chi connectivity index (χ4n) is 3.26. The Balaban J connectivity index is 1.65. The van der Waals surface area contributed by atoms with Crippen molar-refractivity contribution in [2.75, 3.05) is 24.3 Å². The minimum Gasteiger partial charge on any atom is -0.494 e. The van der Waals surface area contributed by atoms with Crippen LogP contribution >= 0.6 is 11.8 Å². The highest BCUT2D eigenvalue weighted by Gasteiger charge is 2.18. The molecule has 4 aromatic rings. The summed E-state index contributed by atoms with van der Waals surface area (Å²) in [5.41, 5.74) is 2.66. The Morgan fingerprint density at radius 2 is 2.00 bits per heavy atom. The fourth-order valence-corrected chi connectivity index (χ4v) is 4.18. The number of anilines is 1. The van der Waals surface area contributed by atoms with Crippen LogP contribution in [-0.2, 0) is 4.79 Å². The Bertz CT molecular complexity index is 1310. The standard InChI is InChI=1S/C23H23N5O3S/c1-4-31-18-10-8-16(9-11-18)28-22(30)19-13-24-26-21(19)25-23(28)32-14-20(29)27(3)17-7-5-6-15(2)12-17/h5-13H,4,14H2,1-3H3,(H,24,26). The minimum atomic E-state index is -0.255. The Morgan fingerprint density at radius 1 is 1.22 bits per heavy atom. The molecule has 2 aromatic carbocycles. The predicted molar refractivity (Wildman–Crippen MR) is 126 cm³/mol. The number of aryl methyl sites for hydroxylation is 1. The molecule has 0 unspecified atom stereocenters. The average molecular weight is 450 g/mol. The molecule has 0 fully saturated rings. The van der Waals surface area contributed by atoms with Gasteiger partial charge in [0.25, 0.3) is 5.56 Å². The zero-order valence-electron chi connectivity index (χ0n) is 18.0. The predicted octanol–water partition coefficient (Wildman–Crippen LogP) is 3.57. The van der Waals surface area contributed by atoms with Gasteiger partial charge >= 0.3 is 0 Å². The number of H-pyrrole nitrogens is 1. The van der Waals surface area contributed by atoms with E-state index in [-0.39, 0.29) is 17.2 Å². The van der Waals surface area contributed by atoms with Gasteiger partial charge in [-0.1, -0.05) is 23.9 Å². The highest BCUT2D eigenvalue weighted by atomic mass is 32.2. The summed E-state index contributed by atoms with van der Waals surface area (Å²) < 4.78 is 7.00. The number of nitrogens with one attached hydrogen (secondary N) is 1. The normalized spacial score (nSPS) is 11.0. The van der Waals surface area contributed by atoms with E-state index in [4.69, 9.17) is 4.74 Å². The van der Waals surface area contributed by atoms with E-state index < -0.39 is 0 Å². The maximum absolute atomic E-state index is 13.2. The van der Waals surface area contributed by atoms with Crippen LogP contribution in [0.15, 0.2) is 64.7 Å². The smallest absolute Gasteiger partial charge is 0.269 e. The first-order chi connectivity index (χ1) is 15.5. The first-order valence-electron chi connectivity index (χ1n) is 10.1. The monoisotopic (exact) mass is 449 g/mol. The van der Waals surface area contributed by atoms with Crippen molar-refractivity contribution in [3.8, 4) is 11.4 Å². The second kappa shape index (κ2) is 9.27. The highest BCUT2D eigenvalue weighted by molar-refractivity contribution is 7.99. The van der Waals surface area contributed by atoms with Gasteiger partial charge in [-0.15, -0.1) is 0 Å². The largest absolute Gasteiger partial charge is 0.494 e. The van der Waals surface area contributed by atoms with E-state index in [0.29, 0.717) is 34.2 Å². The lowest BCUT2D eigenvalue weighted by Gasteiger charge is -2.18. The summed E-state index contributed by atoms with van der Waals surface area (Å²) in [6, 6.07) is 14.9. The summed E-state index contributed by atoms with van der Waals surface area (Å²) in [6.45, 7) is 4.45. The summed E-state index contributed by atoms with van der Waals surface area (Å²) in [4.78, 5) is 32.2. The van der Waals surface area contributed by atoms with Crippen molar-refractivity contribution < 1.29 is 9.53 Å². The van der Waals surface area contributed by atoms with E-state index in [9.17, 15) is 9.59 Å². The number of amides is 1. The Kier molecular flexibility index (Phi) is 6.27. The van der Waals surface area contributed by atoms with Crippen LogP contribution in [0, 0.1) is 6.92 Å². The van der Waals surface area contributed by atoms with Crippen LogP contribution < -0.4 is 15.2 Å². The van der Waals surface area contributed by atoms with Gasteiger partial charge in [0.2, 0.25) is 5.91 Å². The quantitative estimate of drug-likeness (QED) is 0.342. The maximum Gasteiger partial charge on any atom is 0.269 e. The molecular formula is C23H23N5O3S. The lowest BCUT2D eigenvalue weighted by molar-refractivity contribution is -0.115. The second-order valence-corrected chi connectivity index (χ2v) is 8.12. The van der Waals surface area contributed by atoms with Crippen LogP contribution in [0.25, 0.3) is 16.7 Å². The molecule has 4 rings (SSSR count). The number of hydrogen-bond acceptors (Lipinski definition) is 6. The third-order valence-corrected chi connectivity index (χ3v) is 5.87. The molecule has 0 aliphatic heterocycles. The Labute approximate surface area is 189 Å². The number of rotatable bonds is 7. The number of thioether (sulfide) groups is 1. The van der Waals surface area contributed by atoms with Gasteiger partial charge in [0, 0.05) is 12.7 Å². The SMILES string of the molecule is CCOc1ccc(-n2c(SCC(=O)N(C)c3cccc(C)c3)nc3[nH]ncc3c2=O)cc1. The van der Waals surface area contributed by atoms with Crippen LogP contribution in [0.3, 0.4) is 0 Å². The maximum atomic E-state index is 13.2. The minimum absolute atomic E-state index is 0.0993. The van der Waals surface area contributed by atoms with E-state index >= 15 is 0 Å². The van der Waals surface area contributed by atoms with Crippen LogP contribution in [-0.4, -0.2) is 45.1 Å². The van der Waals surface area contributed by atoms with Crippen LogP contribution in [0.5, 0.6) is 5.75 Å². The molecule has 2 heterocycles. The van der Waals surface area contributed by atoms with Crippen molar-refractivity contribution >= 4 is 34.4 Å². The molecule has 0 radical (unpaired) electrons. The molecule has 0 saturated heterocycles. The summed E-state index contributed by atoms with van der Waals surface area (Å²) in [5.74, 6) is 0.733. The number of fused-ring (bicyclic) bond motifs is 1. The summed E-state index contributed by atoms with van der Waals surface area (Å²) in [6.07, 6.45) is 1.46. The number of carbonyl (C=O) groups excluding carboxylic acids is 1. The van der Waals surface area contributed by atoms with E-state index in [0.717, 1.165) is 11.3 Å². The molecule has 2 aromatic heterocycles. The average Bonchev–Trinajstić information content (AvgIpc) is 3.27. The van der Waals surface area contributed by atoms with Gasteiger partial charge in [-0.3, -0.25) is 19.3 Å². The van der Waals surface area contributed by atoms with Gasteiger partial charge in [-0.2, -0.15) is 5.10 Å². The molecule has 0 spiro atoms. The summed E-state index contributed by atoms with van der Waals surface area (Å²) in [7, 11) is 1.74. The number of aromatic amines is 1. The van der Waals surface area contributed by atoms with Crippen LogP contribution in [0.2, 0.25) is 0 Å². The molecule has 0 saturated carbocycles. The molecule has 0 atom stereocenters. The Morgan fingerprint density at radius 3 is 2.72 bits per heavy atom. The molecule has 0 aliphatic carbocycles. The summed E-state index contributed by atoms with van der Waals surface area (Å²) >= 11 is 1.21. The lowest BCUT2D eigenvalue weighted by Crippen LogP contribution is -2.28. The molecule has 1 N–H and O–H groups in total. The zero-order valence-corrected chi connectivity index (χ0v) is 18.8. The van der Waals surface area contributed by atoms with Gasteiger partial charge in [0.15, 0.2) is 10.8 Å². The number of hydrogen-bond donors (Lipinski definition) is 1. The third-order valence-electron chi connectivity index (χ3n) is 4.95. The van der Waals surface area contributed by atoms with Crippen molar-refractivity contribution in [3.05, 3.63) is 70.6 Å². The molecule has 8 nitrogen and oxygen atoms in total. The summed E-state index contributed by atoms with van der Waals surface area (Å²) in [5, 5.41) is 7.47. The van der Waals surface area contributed by atoms with Crippen molar-refractivity contribution in [1.29, 1.82) is 0 Å². The van der Waals surface area contributed by atoms with Crippen molar-refractivity contribution in [3.63, 3.8) is 0 Å². The molecule has 0 aliphatic rings. The zero-order chi connectivity index (χ0) is 22.7. The van der Waals surface area contributed by atoms with Crippen LogP contribution in [0.1, 0.15) is 12.5 Å². The highest BCUT2D eigenvalue weighted by Crippen LogP contribution is 2.23. The topological polar surface area (TPSA) is 93.1 Å². The van der Waals surface area contributed by atoms with Gasteiger partial charge < -0.3 is 9.64 Å². The molecule has 32 heavy (non-hydrogen) atoms. The Hall–Kier alpha value is -3.59. The van der Waals surface area contributed by atoms with Crippen LogP contribution in [0.4, 0.5) is 5.69 Å². The molecule has 1 amide bonds. The first kappa shape index (κ1) is 21.6. The molecule has 0 bridgehead atoms. The van der Waals surface area contributed by atoms with Gasteiger partial charge in [0.05, 0.1) is 24.2 Å². The van der Waals surface area contributed by atoms with Crippen molar-refractivity contribution in [2.45, 2.75) is 19.0 Å². The van der Waals surface area contributed by atoms with Gasteiger partial charge in [-0.25, -0.2) is 4.98 Å². The van der Waals surface area contributed by atoms with Crippen molar-refractivity contribution in [1.82, 2.24) is 19.7 Å². The fraction of sp³-hybridized carbons (Fsp3) is 0.217. The van der Waals surface area contributed by atoms with E-state index in [1.54, 1.807) is 36.2 Å². The number of nitrogens with zero attached hydrogens (tertiary/aromatic N) is 4. The molecule has 164 valence electrons. The number of aromatic nitrogens is 4. The number of carbonyl (C=O) groups is 1. The molecule has 9 heteroatoms. The number of benzene rings is 2. The first-order valence-corrected chi connectivity index (χ1v) is 11.1. The van der Waals surface area contributed by atoms with Gasteiger partial charge in [0.1, 0.15) is 11.1 Å². The van der Waals surface area contributed by atoms with E-state index in [1.807, 2.05) is 38.1 Å². The lowest BCUT2D eigenvalue weighted by atomic mass is 10.2. The molecular weight excluding hydrogens is 426 g/mol. The van der Waals surface area contributed by atoms with E-state index in [2.05, 4.69) is 15.2 Å². The third kappa shape index (κ3) is 4.38. The number of ether oxygens (including phenoxy) is 1.